The van der Waals surface area contributed by atoms with Crippen LogP contribution in [0.25, 0.3) is 0 Å². The topological polar surface area (TPSA) is 57.7 Å². The molecular weight excluding hydrogens is 352 g/mol. The summed E-state index contributed by atoms with van der Waals surface area (Å²) in [4.78, 5) is 14.0. The van der Waals surface area contributed by atoms with Crippen LogP contribution in [0.1, 0.15) is 12.0 Å². The fraction of sp³-hybridized carbons (Fsp3) is 0.400. The molecule has 0 N–H and O–H groups in total. The molecule has 1 fully saturated rings. The molecule has 0 aromatic carbocycles. The van der Waals surface area contributed by atoms with Crippen LogP contribution in [-0.2, 0) is 21.2 Å². The molecule has 0 unspecified atom stereocenters. The fourth-order valence-corrected chi connectivity index (χ4v) is 5.83. The molecule has 2 aromatic heterocycles. The lowest BCUT2D eigenvalue weighted by Crippen LogP contribution is -2.50. The van der Waals surface area contributed by atoms with Gasteiger partial charge in [-0.1, -0.05) is 6.07 Å². The molecule has 1 aliphatic rings. The van der Waals surface area contributed by atoms with Crippen molar-refractivity contribution in [3.8, 4) is 0 Å². The molecule has 0 aliphatic carbocycles. The Balaban J connectivity index is 1.53. The van der Waals surface area contributed by atoms with Gasteiger partial charge in [-0.15, -0.1) is 11.3 Å². The van der Waals surface area contributed by atoms with Crippen LogP contribution in [0.2, 0.25) is 0 Å². The molecule has 3 rings (SSSR count). The summed E-state index contributed by atoms with van der Waals surface area (Å²) in [7, 11) is -3.40. The van der Waals surface area contributed by atoms with Crippen LogP contribution in [0.5, 0.6) is 0 Å². The van der Waals surface area contributed by atoms with E-state index in [1.165, 1.54) is 21.2 Å². The first kappa shape index (κ1) is 16.6. The molecule has 1 saturated heterocycles. The van der Waals surface area contributed by atoms with Crippen molar-refractivity contribution in [1.29, 1.82) is 0 Å². The molecule has 5 nitrogen and oxygen atoms in total. The maximum atomic E-state index is 12.4. The number of thiophene rings is 2. The van der Waals surface area contributed by atoms with Gasteiger partial charge in [-0.25, -0.2) is 8.42 Å². The molecule has 2 aromatic rings. The van der Waals surface area contributed by atoms with Gasteiger partial charge in [0.2, 0.25) is 5.91 Å². The van der Waals surface area contributed by atoms with Crippen LogP contribution in [-0.4, -0.2) is 49.7 Å². The predicted octanol–water partition coefficient (Wildman–Crippen LogP) is 2.28. The zero-order valence-corrected chi connectivity index (χ0v) is 15.0. The van der Waals surface area contributed by atoms with Crippen molar-refractivity contribution >= 4 is 38.6 Å². The lowest BCUT2D eigenvalue weighted by Gasteiger charge is -2.33. The molecule has 3 heterocycles. The highest BCUT2D eigenvalue weighted by Gasteiger charge is 2.30. The van der Waals surface area contributed by atoms with Gasteiger partial charge in [-0.3, -0.25) is 4.79 Å². The van der Waals surface area contributed by atoms with Crippen LogP contribution in [0.4, 0.5) is 0 Å². The SMILES string of the molecule is O=C(CCc1ccsc1)N1CCN(S(=O)(=O)c2cccs2)CC1. The summed E-state index contributed by atoms with van der Waals surface area (Å²) >= 11 is 2.86. The Bertz CT molecular complexity index is 731. The van der Waals surface area contributed by atoms with E-state index in [-0.39, 0.29) is 5.91 Å². The van der Waals surface area contributed by atoms with Crippen molar-refractivity contribution in [2.24, 2.45) is 0 Å². The molecular formula is C15H18N2O3S3. The third-order valence-electron chi connectivity index (χ3n) is 3.89. The third-order valence-corrected chi connectivity index (χ3v) is 7.89. The predicted molar refractivity (Wildman–Crippen MR) is 92.3 cm³/mol. The number of piperazine rings is 1. The molecule has 0 saturated carbocycles. The minimum atomic E-state index is -3.40. The van der Waals surface area contributed by atoms with Gasteiger partial charge in [-0.05, 0) is 40.3 Å². The molecule has 1 amide bonds. The average Bonchev–Trinajstić information content (AvgIpc) is 3.26. The maximum absolute atomic E-state index is 12.4. The second-order valence-electron chi connectivity index (χ2n) is 5.35. The van der Waals surface area contributed by atoms with Gasteiger partial charge in [0.05, 0.1) is 0 Å². The zero-order valence-electron chi connectivity index (χ0n) is 12.6. The highest BCUT2D eigenvalue weighted by atomic mass is 32.2. The number of rotatable bonds is 5. The number of carbonyl (C=O) groups is 1. The van der Waals surface area contributed by atoms with Crippen LogP contribution >= 0.6 is 22.7 Å². The Morgan fingerprint density at radius 3 is 2.52 bits per heavy atom. The summed E-state index contributed by atoms with van der Waals surface area (Å²) in [6.07, 6.45) is 1.23. The lowest BCUT2D eigenvalue weighted by molar-refractivity contribution is -0.132. The highest BCUT2D eigenvalue weighted by molar-refractivity contribution is 7.91. The zero-order chi connectivity index (χ0) is 16.3. The van der Waals surface area contributed by atoms with E-state index in [0.717, 1.165) is 6.42 Å². The van der Waals surface area contributed by atoms with E-state index in [1.807, 2.05) is 11.4 Å². The fourth-order valence-electron chi connectivity index (χ4n) is 2.56. The summed E-state index contributed by atoms with van der Waals surface area (Å²) in [6.45, 7) is 1.66. The number of carbonyl (C=O) groups excluding carboxylic acids is 1. The Hall–Kier alpha value is -1.22. The van der Waals surface area contributed by atoms with Crippen LogP contribution in [0.3, 0.4) is 0 Å². The van der Waals surface area contributed by atoms with Gasteiger partial charge in [0, 0.05) is 32.6 Å². The summed E-state index contributed by atoms with van der Waals surface area (Å²) in [6, 6.07) is 5.39. The quantitative estimate of drug-likeness (QED) is 0.811. The van der Waals surface area contributed by atoms with Gasteiger partial charge < -0.3 is 4.90 Å². The first-order chi connectivity index (χ1) is 11.1. The molecule has 0 atom stereocenters. The van der Waals surface area contributed by atoms with Crippen molar-refractivity contribution < 1.29 is 13.2 Å². The van der Waals surface area contributed by atoms with E-state index >= 15 is 0 Å². The van der Waals surface area contributed by atoms with Gasteiger partial charge in [0.15, 0.2) is 0 Å². The van der Waals surface area contributed by atoms with Crippen molar-refractivity contribution in [2.45, 2.75) is 17.1 Å². The minimum Gasteiger partial charge on any atom is -0.340 e. The van der Waals surface area contributed by atoms with Crippen LogP contribution in [0.15, 0.2) is 38.5 Å². The van der Waals surface area contributed by atoms with E-state index in [2.05, 4.69) is 5.38 Å². The molecule has 0 radical (unpaired) electrons. The molecule has 23 heavy (non-hydrogen) atoms. The summed E-state index contributed by atoms with van der Waals surface area (Å²) in [5, 5.41) is 5.82. The molecule has 0 spiro atoms. The number of amides is 1. The second kappa shape index (κ2) is 7.12. The van der Waals surface area contributed by atoms with Gasteiger partial charge >= 0.3 is 0 Å². The van der Waals surface area contributed by atoms with E-state index < -0.39 is 10.0 Å². The minimum absolute atomic E-state index is 0.101. The summed E-state index contributed by atoms with van der Waals surface area (Å²) < 4.78 is 26.7. The molecule has 8 heteroatoms. The Kier molecular flexibility index (Phi) is 5.15. The van der Waals surface area contributed by atoms with Gasteiger partial charge in [0.25, 0.3) is 10.0 Å². The van der Waals surface area contributed by atoms with Gasteiger partial charge in [0.1, 0.15) is 4.21 Å². The Labute approximate surface area is 144 Å². The first-order valence-corrected chi connectivity index (χ1v) is 10.7. The number of sulfonamides is 1. The maximum Gasteiger partial charge on any atom is 0.252 e. The lowest BCUT2D eigenvalue weighted by atomic mass is 10.1. The van der Waals surface area contributed by atoms with Crippen molar-refractivity contribution in [3.63, 3.8) is 0 Å². The normalized spacial score (nSPS) is 16.6. The first-order valence-electron chi connectivity index (χ1n) is 7.40. The standard InChI is InChI=1S/C15H18N2O3S3/c18-14(4-3-13-5-11-21-12-13)16-6-8-17(9-7-16)23(19,20)15-2-1-10-22-15/h1-2,5,10-12H,3-4,6-9H2. The van der Waals surface area contributed by atoms with E-state index in [1.54, 1.807) is 33.7 Å². The smallest absolute Gasteiger partial charge is 0.252 e. The van der Waals surface area contributed by atoms with Crippen LogP contribution < -0.4 is 0 Å². The third kappa shape index (κ3) is 3.82. The molecule has 0 bridgehead atoms. The van der Waals surface area contributed by atoms with Crippen molar-refractivity contribution in [1.82, 2.24) is 9.21 Å². The second-order valence-corrected chi connectivity index (χ2v) is 9.24. The van der Waals surface area contributed by atoms with Crippen LogP contribution in [0, 0.1) is 0 Å². The van der Waals surface area contributed by atoms with E-state index in [9.17, 15) is 13.2 Å². The van der Waals surface area contributed by atoms with Crippen molar-refractivity contribution in [2.75, 3.05) is 26.2 Å². The molecule has 124 valence electrons. The van der Waals surface area contributed by atoms with Gasteiger partial charge in [-0.2, -0.15) is 15.6 Å². The number of hydrogen-bond donors (Lipinski definition) is 0. The summed E-state index contributed by atoms with van der Waals surface area (Å²) in [5.41, 5.74) is 1.18. The monoisotopic (exact) mass is 370 g/mol. The Morgan fingerprint density at radius 2 is 1.91 bits per heavy atom. The Morgan fingerprint density at radius 1 is 1.13 bits per heavy atom. The van der Waals surface area contributed by atoms with E-state index in [0.29, 0.717) is 36.8 Å². The van der Waals surface area contributed by atoms with Crippen molar-refractivity contribution in [3.05, 3.63) is 39.9 Å². The number of hydrogen-bond acceptors (Lipinski definition) is 5. The number of nitrogens with zero attached hydrogens (tertiary/aromatic N) is 2. The van der Waals surface area contributed by atoms with E-state index in [4.69, 9.17) is 0 Å². The average molecular weight is 371 g/mol. The number of aryl methyl sites for hydroxylation is 1. The molecule has 1 aliphatic heterocycles. The summed E-state index contributed by atoms with van der Waals surface area (Å²) in [5.74, 6) is 0.101. The largest absolute Gasteiger partial charge is 0.340 e. The highest BCUT2D eigenvalue weighted by Crippen LogP contribution is 2.22.